The molecule has 1 aliphatic heterocycles. The summed E-state index contributed by atoms with van der Waals surface area (Å²) in [7, 11) is 0. The van der Waals surface area contributed by atoms with Crippen molar-refractivity contribution in [3.05, 3.63) is 87.3 Å². The Balaban J connectivity index is 1.49. The Kier molecular flexibility index (Phi) is 5.90. The Morgan fingerprint density at radius 3 is 2.44 bits per heavy atom. The van der Waals surface area contributed by atoms with Crippen molar-refractivity contribution in [3.8, 4) is 5.75 Å². The molecule has 0 saturated heterocycles. The number of alkyl halides is 3. The number of rotatable bonds is 6. The number of aromatic nitrogens is 2. The van der Waals surface area contributed by atoms with Gasteiger partial charge in [-0.1, -0.05) is 54.1 Å². The molecular formula is C23H21ClF3N3O2. The van der Waals surface area contributed by atoms with Crippen LogP contribution in [0.2, 0.25) is 5.15 Å². The van der Waals surface area contributed by atoms with Gasteiger partial charge in [0.05, 0.1) is 6.54 Å². The first kappa shape index (κ1) is 22.2. The normalized spacial score (nSPS) is 18.0. The van der Waals surface area contributed by atoms with Gasteiger partial charge < -0.3 is 9.64 Å². The smallest absolute Gasteiger partial charge is 0.413 e. The number of halogens is 4. The first-order valence-electron chi connectivity index (χ1n) is 10.0. The molecule has 1 aromatic heterocycles. The van der Waals surface area contributed by atoms with Crippen LogP contribution in [-0.4, -0.2) is 27.8 Å². The van der Waals surface area contributed by atoms with Crippen molar-refractivity contribution in [2.24, 2.45) is 0 Å². The van der Waals surface area contributed by atoms with Crippen molar-refractivity contribution in [2.45, 2.75) is 38.2 Å². The Bertz CT molecular complexity index is 1150. The van der Waals surface area contributed by atoms with E-state index in [1.165, 1.54) is 0 Å². The summed E-state index contributed by atoms with van der Waals surface area (Å²) in [5.41, 5.74) is -0.977. The summed E-state index contributed by atoms with van der Waals surface area (Å²) in [6.07, 6.45) is -4.23. The van der Waals surface area contributed by atoms with Gasteiger partial charge in [0.15, 0.2) is 5.54 Å². The van der Waals surface area contributed by atoms with Crippen LogP contribution in [0.25, 0.3) is 0 Å². The topological polar surface area (TPSA) is 47.4 Å². The Morgan fingerprint density at radius 1 is 1.09 bits per heavy atom. The standard InChI is InChI=1S/C23H21ClF3N3O2/c1-22(23(25,26)27)15-29-20(31)13-19(24)28-21(29)30(22)12-11-16-7-9-18(10-8-16)32-14-17-5-3-2-4-6-17/h2-10,13H,11-12,14-15H2,1H3/t22-/m0/s1. The lowest BCUT2D eigenvalue weighted by Crippen LogP contribution is -2.56. The van der Waals surface area contributed by atoms with Crippen LogP contribution in [0, 0.1) is 0 Å². The van der Waals surface area contributed by atoms with E-state index in [-0.39, 0.29) is 17.6 Å². The molecule has 0 saturated carbocycles. The van der Waals surface area contributed by atoms with Crippen LogP contribution < -0.4 is 15.2 Å². The Labute approximate surface area is 188 Å². The third kappa shape index (κ3) is 4.32. The lowest BCUT2D eigenvalue weighted by molar-refractivity contribution is -0.182. The van der Waals surface area contributed by atoms with E-state index < -0.39 is 23.8 Å². The largest absolute Gasteiger partial charge is 0.489 e. The van der Waals surface area contributed by atoms with Crippen LogP contribution in [0.1, 0.15) is 18.1 Å². The van der Waals surface area contributed by atoms with E-state index in [2.05, 4.69) is 4.98 Å². The number of fused-ring (bicyclic) bond motifs is 1. The SMILES string of the molecule is C[C@@]1(C(F)(F)F)Cn2c(nc(Cl)cc2=O)N1CCc1ccc(OCc2ccccc2)cc1. The lowest BCUT2D eigenvalue weighted by Gasteiger charge is -2.36. The van der Waals surface area contributed by atoms with Gasteiger partial charge in [-0.15, -0.1) is 0 Å². The van der Waals surface area contributed by atoms with E-state index in [4.69, 9.17) is 16.3 Å². The van der Waals surface area contributed by atoms with Gasteiger partial charge in [-0.3, -0.25) is 9.36 Å². The molecule has 0 amide bonds. The van der Waals surface area contributed by atoms with Gasteiger partial charge >= 0.3 is 6.18 Å². The number of hydrogen-bond donors (Lipinski definition) is 0. The molecule has 3 aromatic rings. The number of benzene rings is 2. The molecule has 0 unspecified atom stereocenters. The van der Waals surface area contributed by atoms with Crippen LogP contribution in [0.5, 0.6) is 5.75 Å². The molecular weight excluding hydrogens is 443 g/mol. The summed E-state index contributed by atoms with van der Waals surface area (Å²) >= 11 is 5.86. The van der Waals surface area contributed by atoms with Crippen LogP contribution in [-0.2, 0) is 19.6 Å². The average molecular weight is 464 g/mol. The van der Waals surface area contributed by atoms with Gasteiger partial charge in [-0.2, -0.15) is 13.2 Å². The molecule has 2 aromatic carbocycles. The lowest BCUT2D eigenvalue weighted by atomic mass is 10.00. The molecule has 168 valence electrons. The first-order valence-corrected chi connectivity index (χ1v) is 10.4. The van der Waals surface area contributed by atoms with Gasteiger partial charge in [0.2, 0.25) is 5.95 Å². The fraction of sp³-hybridized carbons (Fsp3) is 0.304. The molecule has 2 heterocycles. The highest BCUT2D eigenvalue weighted by molar-refractivity contribution is 6.29. The Hall–Kier alpha value is -3.00. The van der Waals surface area contributed by atoms with Gasteiger partial charge in [-0.05, 0) is 36.6 Å². The molecule has 4 rings (SSSR count). The molecule has 0 spiro atoms. The molecule has 0 N–H and O–H groups in total. The van der Waals surface area contributed by atoms with E-state index in [9.17, 15) is 18.0 Å². The van der Waals surface area contributed by atoms with E-state index >= 15 is 0 Å². The maximum atomic E-state index is 14.0. The second kappa shape index (κ2) is 8.50. The van der Waals surface area contributed by atoms with E-state index in [0.717, 1.165) is 33.6 Å². The molecule has 1 aliphatic rings. The van der Waals surface area contributed by atoms with Crippen LogP contribution >= 0.6 is 11.6 Å². The molecule has 5 nitrogen and oxygen atoms in total. The fourth-order valence-electron chi connectivity index (χ4n) is 3.76. The highest BCUT2D eigenvalue weighted by Gasteiger charge is 2.59. The molecule has 9 heteroatoms. The molecule has 0 radical (unpaired) electrons. The zero-order valence-electron chi connectivity index (χ0n) is 17.3. The van der Waals surface area contributed by atoms with Crippen LogP contribution in [0.3, 0.4) is 0 Å². The maximum Gasteiger partial charge on any atom is 0.413 e. The van der Waals surface area contributed by atoms with Gasteiger partial charge in [-0.25, -0.2) is 4.98 Å². The second-order valence-corrected chi connectivity index (χ2v) is 8.28. The average Bonchev–Trinajstić information content (AvgIpc) is 3.05. The minimum absolute atomic E-state index is 0.0208. The van der Waals surface area contributed by atoms with Crippen molar-refractivity contribution in [1.29, 1.82) is 0 Å². The predicted octanol–water partition coefficient (Wildman–Crippen LogP) is 4.86. The van der Waals surface area contributed by atoms with Crippen LogP contribution in [0.15, 0.2) is 65.5 Å². The molecule has 0 aliphatic carbocycles. The van der Waals surface area contributed by atoms with Crippen molar-refractivity contribution in [1.82, 2.24) is 9.55 Å². The number of nitrogens with zero attached hydrogens (tertiary/aromatic N) is 3. The maximum absolute atomic E-state index is 14.0. The number of hydrogen-bond acceptors (Lipinski definition) is 4. The van der Waals surface area contributed by atoms with E-state index in [0.29, 0.717) is 18.8 Å². The number of ether oxygens (including phenoxy) is 1. The van der Waals surface area contributed by atoms with Gasteiger partial charge in [0.1, 0.15) is 17.5 Å². The summed E-state index contributed by atoms with van der Waals surface area (Å²) in [6.45, 7) is 1.000. The molecule has 0 bridgehead atoms. The quantitative estimate of drug-likeness (QED) is 0.490. The van der Waals surface area contributed by atoms with Crippen molar-refractivity contribution in [2.75, 3.05) is 11.4 Å². The van der Waals surface area contributed by atoms with Crippen molar-refractivity contribution in [3.63, 3.8) is 0 Å². The van der Waals surface area contributed by atoms with Gasteiger partial charge in [0.25, 0.3) is 5.56 Å². The van der Waals surface area contributed by atoms with E-state index in [1.54, 1.807) is 12.1 Å². The van der Waals surface area contributed by atoms with Gasteiger partial charge in [0, 0.05) is 12.6 Å². The van der Waals surface area contributed by atoms with Crippen molar-refractivity contribution < 1.29 is 17.9 Å². The summed E-state index contributed by atoms with van der Waals surface area (Å²) in [5, 5.41) is -0.127. The predicted molar refractivity (Wildman–Crippen MR) is 116 cm³/mol. The minimum Gasteiger partial charge on any atom is -0.489 e. The minimum atomic E-state index is -4.56. The second-order valence-electron chi connectivity index (χ2n) is 7.89. The summed E-state index contributed by atoms with van der Waals surface area (Å²) in [4.78, 5) is 17.3. The zero-order valence-corrected chi connectivity index (χ0v) is 18.0. The first-order chi connectivity index (χ1) is 15.2. The third-order valence-corrected chi connectivity index (χ3v) is 5.86. The van der Waals surface area contributed by atoms with Crippen LogP contribution in [0.4, 0.5) is 19.1 Å². The summed E-state index contributed by atoms with van der Waals surface area (Å²) < 4.78 is 48.7. The van der Waals surface area contributed by atoms with E-state index in [1.807, 2.05) is 42.5 Å². The highest BCUT2D eigenvalue weighted by Crippen LogP contribution is 2.43. The molecule has 1 atom stereocenters. The Morgan fingerprint density at radius 2 is 1.78 bits per heavy atom. The summed E-state index contributed by atoms with van der Waals surface area (Å²) in [5.74, 6) is 0.606. The highest BCUT2D eigenvalue weighted by atomic mass is 35.5. The number of anilines is 1. The fourth-order valence-corrected chi connectivity index (χ4v) is 3.93. The third-order valence-electron chi connectivity index (χ3n) is 5.67. The van der Waals surface area contributed by atoms with Crippen molar-refractivity contribution >= 4 is 17.5 Å². The molecule has 32 heavy (non-hydrogen) atoms. The summed E-state index contributed by atoms with van der Waals surface area (Å²) in [6, 6.07) is 18.0. The zero-order chi connectivity index (χ0) is 22.9. The monoisotopic (exact) mass is 463 g/mol. The molecule has 0 fully saturated rings.